The molecule has 1 spiro atoms. The Morgan fingerprint density at radius 2 is 1.00 bits per heavy atom. The zero-order chi connectivity index (χ0) is 39.6. The van der Waals surface area contributed by atoms with Gasteiger partial charge in [-0.05, 0) is 92.0 Å². The van der Waals surface area contributed by atoms with E-state index in [0.717, 1.165) is 33.9 Å². The number of nitrogens with one attached hydrogen (secondary N) is 1. The van der Waals surface area contributed by atoms with Gasteiger partial charge in [0.15, 0.2) is 0 Å². The van der Waals surface area contributed by atoms with Crippen molar-refractivity contribution in [1.82, 2.24) is 5.32 Å². The highest BCUT2D eigenvalue weighted by Gasteiger charge is 2.51. The molecule has 0 fully saturated rings. The molecule has 8 aromatic carbocycles. The molecule has 0 radical (unpaired) electrons. The fraction of sp³-hybridized carbons (Fsp3) is 0.0351. The van der Waals surface area contributed by atoms with Crippen molar-refractivity contribution in [2.45, 2.75) is 11.5 Å². The number of aliphatic imine (C=N–C) groups is 1. The summed E-state index contributed by atoms with van der Waals surface area (Å²) in [4.78, 5) is 7.73. The first-order valence-electron chi connectivity index (χ1n) is 20.8. The zero-order valence-corrected chi connectivity index (χ0v) is 32.8. The number of anilines is 3. The first-order valence-corrected chi connectivity index (χ1v) is 20.8. The number of fused-ring (bicyclic) bond motifs is 10. The van der Waals surface area contributed by atoms with Crippen molar-refractivity contribution in [3.63, 3.8) is 0 Å². The fourth-order valence-electron chi connectivity index (χ4n) is 10.2. The van der Waals surface area contributed by atoms with E-state index >= 15 is 0 Å². The second-order valence-electron chi connectivity index (χ2n) is 15.9. The first kappa shape index (κ1) is 34.3. The summed E-state index contributed by atoms with van der Waals surface area (Å²) in [5.41, 5.74) is 19.9. The molecule has 12 rings (SSSR count). The van der Waals surface area contributed by atoms with Crippen molar-refractivity contribution < 1.29 is 0 Å². The van der Waals surface area contributed by atoms with E-state index in [2.05, 4.69) is 235 Å². The molecule has 4 aliphatic rings. The fourth-order valence-corrected chi connectivity index (χ4v) is 10.2. The van der Waals surface area contributed by atoms with Crippen molar-refractivity contribution in [2.24, 2.45) is 4.99 Å². The second-order valence-corrected chi connectivity index (χ2v) is 15.9. The van der Waals surface area contributed by atoms with Crippen molar-refractivity contribution >= 4 is 28.6 Å². The van der Waals surface area contributed by atoms with Gasteiger partial charge in [-0.2, -0.15) is 0 Å². The quantitative estimate of drug-likeness (QED) is 0.189. The van der Waals surface area contributed by atoms with Gasteiger partial charge in [-0.15, -0.1) is 0 Å². The average Bonchev–Trinajstić information content (AvgIpc) is 3.62. The van der Waals surface area contributed by atoms with E-state index in [4.69, 9.17) is 4.99 Å². The van der Waals surface area contributed by atoms with Crippen LogP contribution in [0.1, 0.15) is 33.4 Å². The molecule has 0 saturated carbocycles. The Labute approximate surface area is 350 Å². The number of rotatable bonds is 5. The van der Waals surface area contributed by atoms with Gasteiger partial charge in [0, 0.05) is 22.4 Å². The van der Waals surface area contributed by atoms with Crippen LogP contribution in [0.15, 0.2) is 235 Å². The topological polar surface area (TPSA) is 27.6 Å². The summed E-state index contributed by atoms with van der Waals surface area (Å²) in [5, 5.41) is 3.75. The van der Waals surface area contributed by atoms with Gasteiger partial charge in [0.25, 0.3) is 0 Å². The molecule has 2 aliphatic heterocycles. The molecule has 60 heavy (non-hydrogen) atoms. The van der Waals surface area contributed by atoms with Gasteiger partial charge in [0.2, 0.25) is 0 Å². The van der Waals surface area contributed by atoms with E-state index in [1.165, 1.54) is 67.0 Å². The van der Waals surface area contributed by atoms with Gasteiger partial charge < -0.3 is 10.2 Å². The highest BCUT2D eigenvalue weighted by molar-refractivity contribution is 6.06. The van der Waals surface area contributed by atoms with E-state index < -0.39 is 5.41 Å². The van der Waals surface area contributed by atoms with Crippen LogP contribution in [0.4, 0.5) is 17.1 Å². The SMILES string of the molecule is C1=CC2=C(c3ccccc3)N=C(c3cccc(-c4ccccc4-c4ccc5c(c4)C4(c6ccccc6-5)c5ccccc5N(c5ccccc5)c5ccccc54)c3)NC2C=C1. The Bertz CT molecular complexity index is 3080. The first-order chi connectivity index (χ1) is 29.8. The number of amidine groups is 1. The summed E-state index contributed by atoms with van der Waals surface area (Å²) in [6.07, 6.45) is 8.60. The van der Waals surface area contributed by atoms with Gasteiger partial charge in [0.1, 0.15) is 5.84 Å². The van der Waals surface area contributed by atoms with Gasteiger partial charge in [-0.1, -0.05) is 188 Å². The normalized spacial score (nSPS) is 16.3. The summed E-state index contributed by atoms with van der Waals surface area (Å²) in [7, 11) is 0. The lowest BCUT2D eigenvalue weighted by Crippen LogP contribution is -2.39. The van der Waals surface area contributed by atoms with Crippen LogP contribution in [0.25, 0.3) is 39.1 Å². The van der Waals surface area contributed by atoms with Gasteiger partial charge in [0.05, 0.1) is 28.5 Å². The lowest BCUT2D eigenvalue weighted by Gasteiger charge is -2.45. The van der Waals surface area contributed by atoms with Crippen molar-refractivity contribution in [2.75, 3.05) is 4.90 Å². The molecule has 3 heteroatoms. The minimum absolute atomic E-state index is 0.0475. The zero-order valence-electron chi connectivity index (χ0n) is 32.8. The predicted molar refractivity (Wildman–Crippen MR) is 248 cm³/mol. The maximum Gasteiger partial charge on any atom is 0.134 e. The molecule has 0 aromatic heterocycles. The Hall–Kier alpha value is -7.75. The summed E-state index contributed by atoms with van der Waals surface area (Å²) in [6, 6.07) is 73.3. The van der Waals surface area contributed by atoms with E-state index in [0.29, 0.717) is 0 Å². The number of nitrogens with zero attached hydrogens (tertiary/aromatic N) is 2. The Kier molecular flexibility index (Phi) is 7.82. The third-order valence-electron chi connectivity index (χ3n) is 12.7. The Morgan fingerprint density at radius 1 is 0.433 bits per heavy atom. The standard InChI is InChI=1S/C57H39N3/c1-3-18-38(19-4-1)55-47-27-10-14-31-52(47)58-56(59-55)41-21-17-20-39(36-41)43-24-7-8-25-44(43)40-34-35-46-45-26-9-11-28-48(45)57(51(46)37-40)49-29-12-15-32-53(49)60(42-22-5-2-6-23-42)54-33-16-13-30-50(54)57/h1-37,52H,(H,58,59). The molecule has 0 amide bonds. The van der Waals surface area contributed by atoms with Gasteiger partial charge >= 0.3 is 0 Å². The molecule has 0 bridgehead atoms. The molecule has 282 valence electrons. The summed E-state index contributed by atoms with van der Waals surface area (Å²) in [6.45, 7) is 0. The van der Waals surface area contributed by atoms with Crippen molar-refractivity contribution in [3.05, 3.63) is 263 Å². The predicted octanol–water partition coefficient (Wildman–Crippen LogP) is 13.4. The van der Waals surface area contributed by atoms with Crippen LogP contribution in [-0.2, 0) is 5.41 Å². The summed E-state index contributed by atoms with van der Waals surface area (Å²) < 4.78 is 0. The van der Waals surface area contributed by atoms with E-state index in [9.17, 15) is 0 Å². The van der Waals surface area contributed by atoms with Gasteiger partial charge in [-0.25, -0.2) is 4.99 Å². The van der Waals surface area contributed by atoms with E-state index in [1.807, 2.05) is 0 Å². The molecule has 3 nitrogen and oxygen atoms in total. The molecule has 1 atom stereocenters. The molecular weight excluding hydrogens is 727 g/mol. The maximum absolute atomic E-state index is 5.29. The highest BCUT2D eigenvalue weighted by Crippen LogP contribution is 2.63. The average molecular weight is 766 g/mol. The molecular formula is C57H39N3. The van der Waals surface area contributed by atoms with Crippen LogP contribution in [0.3, 0.4) is 0 Å². The molecule has 2 heterocycles. The number of benzene rings is 8. The molecule has 0 saturated heterocycles. The highest BCUT2D eigenvalue weighted by atomic mass is 15.2. The summed E-state index contributed by atoms with van der Waals surface area (Å²) in [5.74, 6) is 0.873. The van der Waals surface area contributed by atoms with E-state index in [1.54, 1.807) is 0 Å². The van der Waals surface area contributed by atoms with Crippen LogP contribution in [-0.4, -0.2) is 11.9 Å². The van der Waals surface area contributed by atoms with Crippen LogP contribution >= 0.6 is 0 Å². The smallest absolute Gasteiger partial charge is 0.134 e. The Morgan fingerprint density at radius 3 is 1.73 bits per heavy atom. The third-order valence-corrected chi connectivity index (χ3v) is 12.7. The molecule has 1 N–H and O–H groups in total. The maximum atomic E-state index is 5.29. The number of hydrogen-bond donors (Lipinski definition) is 1. The lowest BCUT2D eigenvalue weighted by atomic mass is 9.64. The Balaban J connectivity index is 1.02. The van der Waals surface area contributed by atoms with Crippen LogP contribution in [0.5, 0.6) is 0 Å². The van der Waals surface area contributed by atoms with Crippen LogP contribution < -0.4 is 10.2 Å². The number of para-hydroxylation sites is 3. The number of hydrogen-bond acceptors (Lipinski definition) is 3. The third kappa shape index (κ3) is 5.12. The molecule has 8 aromatic rings. The largest absolute Gasteiger partial charge is 0.359 e. The minimum Gasteiger partial charge on any atom is -0.359 e. The van der Waals surface area contributed by atoms with Crippen molar-refractivity contribution in [3.8, 4) is 33.4 Å². The molecule has 1 unspecified atom stereocenters. The van der Waals surface area contributed by atoms with E-state index in [-0.39, 0.29) is 6.04 Å². The van der Waals surface area contributed by atoms with Gasteiger partial charge in [-0.3, -0.25) is 0 Å². The second kappa shape index (κ2) is 13.7. The monoisotopic (exact) mass is 765 g/mol. The van der Waals surface area contributed by atoms with Crippen LogP contribution in [0, 0.1) is 0 Å². The van der Waals surface area contributed by atoms with Crippen molar-refractivity contribution in [1.29, 1.82) is 0 Å². The molecule has 2 aliphatic carbocycles. The number of allylic oxidation sites excluding steroid dienone is 2. The minimum atomic E-state index is -0.522. The van der Waals surface area contributed by atoms with Crippen LogP contribution in [0.2, 0.25) is 0 Å². The summed E-state index contributed by atoms with van der Waals surface area (Å²) >= 11 is 0. The lowest BCUT2D eigenvalue weighted by molar-refractivity contribution is 0.753.